The molecule has 0 aromatic rings. The van der Waals surface area contributed by atoms with Gasteiger partial charge in [0.15, 0.2) is 0 Å². The molecule has 0 aliphatic heterocycles. The molecule has 0 saturated heterocycles. The molecule has 2 nitrogen and oxygen atoms in total. The van der Waals surface area contributed by atoms with Gasteiger partial charge >= 0.3 is 171 Å². The molecule has 0 spiro atoms. The Hall–Kier alpha value is 0.710. The van der Waals surface area contributed by atoms with Crippen LogP contribution in [0.2, 0.25) is 8.94 Å². The summed E-state index contributed by atoms with van der Waals surface area (Å²) >= 11 is 0.347. The number of hydrogen-bond acceptors (Lipinski definition) is 2. The first-order chi connectivity index (χ1) is 17.4. The van der Waals surface area contributed by atoms with E-state index in [9.17, 15) is 0 Å². The summed E-state index contributed by atoms with van der Waals surface area (Å²) in [7, 11) is 0. The summed E-state index contributed by atoms with van der Waals surface area (Å²) in [5.41, 5.74) is 0. The molecule has 0 aliphatic carbocycles. The molecule has 0 aromatic carbocycles. The molecule has 0 rings (SSSR count). The van der Waals surface area contributed by atoms with Crippen molar-refractivity contribution in [1.29, 1.82) is 0 Å². The Morgan fingerprint density at radius 1 is 0.314 bits per heavy atom. The van der Waals surface area contributed by atoms with E-state index in [0.717, 1.165) is 26.4 Å². The Kier molecular flexibility index (Phi) is 35.4. The number of unbranched alkanes of at least 4 members (excludes halogenated alkanes) is 22. The number of rotatable bonds is 32. The van der Waals surface area contributed by atoms with Gasteiger partial charge in [0.05, 0.1) is 0 Å². The first-order valence-corrected chi connectivity index (χ1v) is 19.4. The summed E-state index contributed by atoms with van der Waals surface area (Å²) in [6, 6.07) is 0. The Morgan fingerprint density at radius 3 is 0.800 bits per heavy atom. The van der Waals surface area contributed by atoms with Crippen LogP contribution in [0.25, 0.3) is 0 Å². The van der Waals surface area contributed by atoms with Crippen LogP contribution in [0, 0.1) is 0 Å². The normalized spacial score (nSPS) is 11.5. The third-order valence-corrected chi connectivity index (χ3v) is 10.4. The van der Waals surface area contributed by atoms with E-state index in [1.807, 2.05) is 0 Å². The molecule has 35 heavy (non-hydrogen) atoms. The van der Waals surface area contributed by atoms with E-state index in [0.29, 0.717) is 20.9 Å². The zero-order chi connectivity index (χ0) is 25.3. The van der Waals surface area contributed by atoms with E-state index in [1.165, 1.54) is 154 Å². The second-order valence-corrected chi connectivity index (χ2v) is 14.0. The van der Waals surface area contributed by atoms with Gasteiger partial charge in [0.25, 0.3) is 0 Å². The monoisotopic (exact) mass is 612 g/mol. The third kappa shape index (κ3) is 34.7. The molecule has 0 aliphatic rings. The Morgan fingerprint density at radius 2 is 0.543 bits per heavy atom. The Balaban J connectivity index is 3.00. The smallest absolute Gasteiger partial charge is 0.382 e. The summed E-state index contributed by atoms with van der Waals surface area (Å²) in [5.74, 6) is 0. The second kappa shape index (κ2) is 34.7. The van der Waals surface area contributed by atoms with Crippen molar-refractivity contribution in [2.75, 3.05) is 26.4 Å². The molecule has 0 heterocycles. The molecule has 0 amide bonds. The van der Waals surface area contributed by atoms with Gasteiger partial charge < -0.3 is 9.47 Å². The fraction of sp³-hybridized carbons (Fsp3) is 1.00. The van der Waals surface area contributed by atoms with Crippen LogP contribution < -0.4 is 0 Å². The van der Waals surface area contributed by atoms with Gasteiger partial charge in [-0.3, -0.25) is 0 Å². The molecule has 0 fully saturated rings. The molecule has 0 unspecified atom stereocenters. The van der Waals surface area contributed by atoms with Crippen molar-refractivity contribution in [1.82, 2.24) is 0 Å². The predicted molar refractivity (Wildman–Crippen MR) is 159 cm³/mol. The van der Waals surface area contributed by atoms with E-state index in [-0.39, 0.29) is 0 Å². The van der Waals surface area contributed by atoms with Crippen LogP contribution >= 0.6 is 0 Å². The van der Waals surface area contributed by atoms with Crippen LogP contribution in [0.3, 0.4) is 0 Å². The summed E-state index contributed by atoms with van der Waals surface area (Å²) in [6.07, 6.45) is 34.8. The van der Waals surface area contributed by atoms with Crippen LogP contribution in [0.15, 0.2) is 0 Å². The van der Waals surface area contributed by atoms with Crippen molar-refractivity contribution in [2.45, 2.75) is 177 Å². The molecular weight excluding hydrogens is 544 g/mol. The molecule has 0 atom stereocenters. The zero-order valence-electron chi connectivity index (χ0n) is 24.4. The summed E-state index contributed by atoms with van der Waals surface area (Å²) in [5, 5.41) is 0. The minimum Gasteiger partial charge on any atom is -0.382 e. The van der Waals surface area contributed by atoms with Crippen LogP contribution in [-0.4, -0.2) is 47.4 Å². The van der Waals surface area contributed by atoms with E-state index >= 15 is 0 Å². The minimum absolute atomic E-state index is 0.347. The average molecular weight is 610 g/mol. The topological polar surface area (TPSA) is 18.5 Å². The molecule has 212 valence electrons. The van der Waals surface area contributed by atoms with E-state index in [2.05, 4.69) is 13.8 Å². The minimum atomic E-state index is 0.347. The number of ether oxygens (including phenoxy) is 2. The summed E-state index contributed by atoms with van der Waals surface area (Å²) in [6.45, 7) is 7.86. The van der Waals surface area contributed by atoms with Crippen molar-refractivity contribution in [2.24, 2.45) is 0 Å². The molecule has 0 bridgehead atoms. The van der Waals surface area contributed by atoms with Gasteiger partial charge in [-0.15, -0.1) is 0 Å². The van der Waals surface area contributed by atoms with Crippen LogP contribution in [0.4, 0.5) is 0 Å². The van der Waals surface area contributed by atoms with E-state index in [1.54, 1.807) is 8.94 Å². The van der Waals surface area contributed by atoms with E-state index in [4.69, 9.17) is 9.47 Å². The van der Waals surface area contributed by atoms with Crippen molar-refractivity contribution >= 4 is 20.9 Å². The SMILES string of the molecule is CCOCCCCCCCCCCCCCC[Te]CCCCCCCCCCCCCCOCC. The second-order valence-electron chi connectivity index (χ2n) is 10.5. The van der Waals surface area contributed by atoms with Crippen LogP contribution in [-0.2, 0) is 9.47 Å². The first kappa shape index (κ1) is 35.7. The fourth-order valence-electron chi connectivity index (χ4n) is 4.74. The fourth-order valence-corrected chi connectivity index (χ4v) is 7.66. The number of hydrogen-bond donors (Lipinski definition) is 0. The van der Waals surface area contributed by atoms with Gasteiger partial charge in [-0.2, -0.15) is 0 Å². The van der Waals surface area contributed by atoms with Gasteiger partial charge in [-0.05, 0) is 26.7 Å². The van der Waals surface area contributed by atoms with Gasteiger partial charge in [0.1, 0.15) is 0 Å². The van der Waals surface area contributed by atoms with Crippen molar-refractivity contribution < 1.29 is 9.47 Å². The maximum atomic E-state index is 5.40. The predicted octanol–water partition coefficient (Wildman–Crippen LogP) is 11.0. The molecule has 0 N–H and O–H groups in total. The average Bonchev–Trinajstić information content (AvgIpc) is 2.87. The molecule has 0 radical (unpaired) electrons. The van der Waals surface area contributed by atoms with Crippen molar-refractivity contribution in [3.05, 3.63) is 0 Å². The quantitative estimate of drug-likeness (QED) is 0.0557. The third-order valence-electron chi connectivity index (χ3n) is 7.06. The van der Waals surface area contributed by atoms with E-state index < -0.39 is 0 Å². The van der Waals surface area contributed by atoms with Crippen molar-refractivity contribution in [3.8, 4) is 0 Å². The molecule has 3 heteroatoms. The Bertz CT molecular complexity index is 318. The molecule has 0 aromatic heterocycles. The zero-order valence-corrected chi connectivity index (χ0v) is 26.8. The Labute approximate surface area is 232 Å². The van der Waals surface area contributed by atoms with Gasteiger partial charge in [0.2, 0.25) is 0 Å². The van der Waals surface area contributed by atoms with Crippen molar-refractivity contribution in [3.63, 3.8) is 0 Å². The van der Waals surface area contributed by atoms with Gasteiger partial charge in [-0.1, -0.05) is 0 Å². The standard InChI is InChI=1S/C32H66O2Te/c1-3-33-29-25-21-17-13-9-5-7-11-15-19-23-27-31-35-32-28-24-20-16-12-8-6-10-14-18-22-26-30-34-4-2/h3-32H2,1-2H3. The first-order valence-electron chi connectivity index (χ1n) is 16.1. The van der Waals surface area contributed by atoms with Crippen LogP contribution in [0.5, 0.6) is 0 Å². The summed E-state index contributed by atoms with van der Waals surface area (Å²) < 4.78 is 14.0. The maximum absolute atomic E-state index is 5.40. The molecular formula is C32H66O2Te. The molecule has 0 saturated carbocycles. The summed E-state index contributed by atoms with van der Waals surface area (Å²) in [4.78, 5) is 0. The van der Waals surface area contributed by atoms with Gasteiger partial charge in [-0.25, -0.2) is 0 Å². The van der Waals surface area contributed by atoms with Crippen LogP contribution in [0.1, 0.15) is 168 Å². The van der Waals surface area contributed by atoms with Gasteiger partial charge in [0, 0.05) is 26.4 Å².